The fourth-order valence-corrected chi connectivity index (χ4v) is 4.67. The third-order valence-corrected chi connectivity index (χ3v) is 6.50. The number of piperidine rings is 1. The van der Waals surface area contributed by atoms with Crippen LogP contribution in [-0.4, -0.2) is 39.8 Å². The fraction of sp³-hybridized carbons (Fsp3) is 0.308. The molecule has 0 saturated carbocycles. The van der Waals surface area contributed by atoms with E-state index in [1.807, 2.05) is 66.4 Å². The maximum atomic E-state index is 13.3. The summed E-state index contributed by atoms with van der Waals surface area (Å²) in [5, 5.41) is 0. The van der Waals surface area contributed by atoms with Crippen LogP contribution in [0.2, 0.25) is 0 Å². The Hall–Kier alpha value is -3.54. The van der Waals surface area contributed by atoms with Crippen LogP contribution in [0.1, 0.15) is 36.8 Å². The molecular weight excluding hydrogens is 400 g/mol. The number of nitrogens with zero attached hydrogens (tertiary/aromatic N) is 3. The van der Waals surface area contributed by atoms with Gasteiger partial charge in [0.2, 0.25) is 11.8 Å². The van der Waals surface area contributed by atoms with E-state index in [0.29, 0.717) is 25.9 Å². The van der Waals surface area contributed by atoms with Gasteiger partial charge in [0.1, 0.15) is 6.33 Å². The number of rotatable bonds is 6. The minimum atomic E-state index is -0.809. The summed E-state index contributed by atoms with van der Waals surface area (Å²) in [6, 6.07) is 17.7. The Morgan fingerprint density at radius 3 is 2.47 bits per heavy atom. The van der Waals surface area contributed by atoms with Crippen molar-refractivity contribution >= 4 is 11.8 Å². The van der Waals surface area contributed by atoms with E-state index < -0.39 is 5.41 Å². The van der Waals surface area contributed by atoms with Crippen LogP contribution < -0.4 is 5.73 Å². The molecular formula is C26H28N4O2. The largest absolute Gasteiger partial charge is 0.369 e. The van der Waals surface area contributed by atoms with Gasteiger partial charge in [-0.05, 0) is 42.9 Å². The molecule has 1 fully saturated rings. The summed E-state index contributed by atoms with van der Waals surface area (Å²) in [5.74, 6) is -0.596. The molecule has 164 valence electrons. The van der Waals surface area contributed by atoms with Crippen LogP contribution >= 0.6 is 0 Å². The van der Waals surface area contributed by atoms with Crippen LogP contribution in [-0.2, 0) is 16.0 Å². The van der Waals surface area contributed by atoms with E-state index in [1.165, 1.54) is 6.33 Å². The van der Waals surface area contributed by atoms with Gasteiger partial charge >= 0.3 is 0 Å². The molecule has 2 heterocycles. The number of primary amides is 1. The predicted octanol–water partition coefficient (Wildman–Crippen LogP) is 3.58. The van der Waals surface area contributed by atoms with Crippen molar-refractivity contribution in [3.63, 3.8) is 0 Å². The highest BCUT2D eigenvalue weighted by molar-refractivity contribution is 5.86. The summed E-state index contributed by atoms with van der Waals surface area (Å²) >= 11 is 0. The molecule has 0 bridgehead atoms. The number of nitrogens with two attached hydrogens (primary N) is 1. The third kappa shape index (κ3) is 4.40. The molecule has 2 amide bonds. The number of hydrogen-bond donors (Lipinski definition) is 1. The van der Waals surface area contributed by atoms with Crippen LogP contribution in [0.5, 0.6) is 0 Å². The first-order valence-electron chi connectivity index (χ1n) is 11.0. The zero-order chi connectivity index (χ0) is 22.6. The van der Waals surface area contributed by atoms with Gasteiger partial charge in [0.25, 0.3) is 0 Å². The van der Waals surface area contributed by atoms with Gasteiger partial charge in [-0.25, -0.2) is 9.97 Å². The minimum Gasteiger partial charge on any atom is -0.369 e. The summed E-state index contributed by atoms with van der Waals surface area (Å²) in [4.78, 5) is 36.2. The number of amides is 2. The Bertz CT molecular complexity index is 1090. The van der Waals surface area contributed by atoms with Gasteiger partial charge in [-0.15, -0.1) is 0 Å². The van der Waals surface area contributed by atoms with E-state index in [9.17, 15) is 9.59 Å². The van der Waals surface area contributed by atoms with Crippen LogP contribution in [0.15, 0.2) is 73.3 Å². The zero-order valence-electron chi connectivity index (χ0n) is 18.3. The smallest absolute Gasteiger partial charge is 0.229 e. The first-order valence-corrected chi connectivity index (χ1v) is 11.0. The Labute approximate surface area is 188 Å². The van der Waals surface area contributed by atoms with Crippen LogP contribution in [0, 0.1) is 5.41 Å². The molecule has 4 rings (SSSR count). The van der Waals surface area contributed by atoms with E-state index >= 15 is 0 Å². The standard InChI is InChI=1S/C26H28N4O2/c1-19(20-8-3-2-4-9-20)24(31)30-13-7-12-26(17-30,25(27)32)14-21-10-5-6-11-23(21)22-15-28-18-29-16-22/h2-6,8-11,15-16,18-19H,7,12-14,17H2,1H3,(H2,27,32)/t19-,26+/m1/s1. The third-order valence-electron chi connectivity index (χ3n) is 6.50. The monoisotopic (exact) mass is 428 g/mol. The zero-order valence-corrected chi connectivity index (χ0v) is 18.3. The van der Waals surface area contributed by atoms with Crippen molar-refractivity contribution in [1.82, 2.24) is 14.9 Å². The molecule has 2 N–H and O–H groups in total. The number of benzene rings is 2. The van der Waals surface area contributed by atoms with Gasteiger partial charge in [-0.1, -0.05) is 54.6 Å². The number of carbonyl (C=O) groups is 2. The number of hydrogen-bond acceptors (Lipinski definition) is 4. The minimum absolute atomic E-state index is 0.0336. The maximum absolute atomic E-state index is 13.3. The second kappa shape index (κ2) is 9.30. The number of carbonyl (C=O) groups excluding carboxylic acids is 2. The maximum Gasteiger partial charge on any atom is 0.229 e. The summed E-state index contributed by atoms with van der Waals surface area (Å²) in [6.07, 6.45) is 6.90. The number of likely N-dealkylation sites (tertiary alicyclic amines) is 1. The van der Waals surface area contributed by atoms with E-state index in [0.717, 1.165) is 28.7 Å². The second-order valence-electron chi connectivity index (χ2n) is 8.60. The van der Waals surface area contributed by atoms with Gasteiger partial charge in [-0.3, -0.25) is 9.59 Å². The molecule has 0 spiro atoms. The lowest BCUT2D eigenvalue weighted by atomic mass is 9.73. The highest BCUT2D eigenvalue weighted by Gasteiger charge is 2.43. The van der Waals surface area contributed by atoms with Crippen molar-refractivity contribution in [2.24, 2.45) is 11.1 Å². The summed E-state index contributed by atoms with van der Waals surface area (Å²) in [6.45, 7) is 2.89. The van der Waals surface area contributed by atoms with Crippen molar-refractivity contribution in [2.75, 3.05) is 13.1 Å². The predicted molar refractivity (Wildman–Crippen MR) is 123 cm³/mol. The van der Waals surface area contributed by atoms with Crippen LogP contribution in [0.4, 0.5) is 0 Å². The average molecular weight is 429 g/mol. The molecule has 0 unspecified atom stereocenters. The van der Waals surface area contributed by atoms with Crippen LogP contribution in [0.25, 0.3) is 11.1 Å². The van der Waals surface area contributed by atoms with Gasteiger partial charge < -0.3 is 10.6 Å². The Balaban J connectivity index is 1.61. The van der Waals surface area contributed by atoms with Crippen LogP contribution in [0.3, 0.4) is 0 Å². The van der Waals surface area contributed by atoms with Gasteiger partial charge in [0.05, 0.1) is 11.3 Å². The molecule has 2 aromatic carbocycles. The molecule has 0 aliphatic carbocycles. The van der Waals surface area contributed by atoms with E-state index in [2.05, 4.69) is 9.97 Å². The van der Waals surface area contributed by atoms with E-state index in [1.54, 1.807) is 12.4 Å². The lowest BCUT2D eigenvalue weighted by Crippen LogP contribution is -2.54. The Morgan fingerprint density at radius 2 is 1.75 bits per heavy atom. The van der Waals surface area contributed by atoms with Crippen molar-refractivity contribution in [3.8, 4) is 11.1 Å². The molecule has 1 aromatic heterocycles. The first kappa shape index (κ1) is 21.7. The molecule has 6 nitrogen and oxygen atoms in total. The molecule has 1 aliphatic rings. The molecule has 6 heteroatoms. The summed E-state index contributed by atoms with van der Waals surface area (Å²) in [5.41, 5.74) is 9.03. The van der Waals surface area contributed by atoms with Gasteiger partial charge in [0.15, 0.2) is 0 Å². The Kier molecular flexibility index (Phi) is 6.30. The van der Waals surface area contributed by atoms with Crippen molar-refractivity contribution < 1.29 is 9.59 Å². The number of aromatic nitrogens is 2. The molecule has 2 atom stereocenters. The molecule has 3 aromatic rings. The SMILES string of the molecule is C[C@@H](C(=O)N1CCC[C@@](Cc2ccccc2-c2cncnc2)(C(N)=O)C1)c1ccccc1. The van der Waals surface area contributed by atoms with Gasteiger partial charge in [0, 0.05) is 31.0 Å². The normalized spacial score (nSPS) is 19.3. The molecule has 32 heavy (non-hydrogen) atoms. The van der Waals surface area contributed by atoms with E-state index in [-0.39, 0.29) is 17.7 Å². The topological polar surface area (TPSA) is 89.2 Å². The van der Waals surface area contributed by atoms with E-state index in [4.69, 9.17) is 5.73 Å². The second-order valence-corrected chi connectivity index (χ2v) is 8.60. The summed E-state index contributed by atoms with van der Waals surface area (Å²) in [7, 11) is 0. The van der Waals surface area contributed by atoms with Crippen molar-refractivity contribution in [3.05, 3.63) is 84.4 Å². The molecule has 0 radical (unpaired) electrons. The first-order chi connectivity index (χ1) is 15.5. The van der Waals surface area contributed by atoms with Gasteiger partial charge in [-0.2, -0.15) is 0 Å². The van der Waals surface area contributed by atoms with Crippen molar-refractivity contribution in [1.29, 1.82) is 0 Å². The average Bonchev–Trinajstić information content (AvgIpc) is 2.84. The fourth-order valence-electron chi connectivity index (χ4n) is 4.67. The Morgan fingerprint density at radius 1 is 1.06 bits per heavy atom. The summed E-state index contributed by atoms with van der Waals surface area (Å²) < 4.78 is 0. The molecule has 1 saturated heterocycles. The lowest BCUT2D eigenvalue weighted by molar-refractivity contribution is -0.140. The lowest BCUT2D eigenvalue weighted by Gasteiger charge is -2.42. The quantitative estimate of drug-likeness (QED) is 0.650. The molecule has 1 aliphatic heterocycles. The highest BCUT2D eigenvalue weighted by Crippen LogP contribution is 2.37. The van der Waals surface area contributed by atoms with Crippen molar-refractivity contribution in [2.45, 2.75) is 32.1 Å². The highest BCUT2D eigenvalue weighted by atomic mass is 16.2.